The minimum absolute atomic E-state index is 0.329. The summed E-state index contributed by atoms with van der Waals surface area (Å²) in [6.07, 6.45) is 1.41. The molecule has 0 N–H and O–H groups in total. The van der Waals surface area contributed by atoms with Gasteiger partial charge in [-0.2, -0.15) is 0 Å². The van der Waals surface area contributed by atoms with E-state index in [0.717, 1.165) is 10.6 Å². The average molecular weight is 204 g/mol. The smallest absolute Gasteiger partial charge is 0.415 e. The molecule has 2 rings (SSSR count). The first-order chi connectivity index (χ1) is 7.31. The minimum Gasteiger partial charge on any atom is -0.449 e. The summed E-state index contributed by atoms with van der Waals surface area (Å²) in [4.78, 5) is 17.2. The van der Waals surface area contributed by atoms with Crippen molar-refractivity contribution in [2.45, 2.75) is 6.92 Å². The van der Waals surface area contributed by atoms with Gasteiger partial charge in [-0.1, -0.05) is 18.2 Å². The average Bonchev–Trinajstić information content (AvgIpc) is 2.29. The summed E-state index contributed by atoms with van der Waals surface area (Å²) in [6.45, 7) is 2.49. The van der Waals surface area contributed by atoms with E-state index in [1.165, 1.54) is 4.90 Å². The normalized spacial score (nSPS) is 13.5. The molecule has 4 heteroatoms. The van der Waals surface area contributed by atoms with Gasteiger partial charge in [0.1, 0.15) is 6.67 Å². The Hall–Kier alpha value is -1.84. The van der Waals surface area contributed by atoms with E-state index in [1.807, 2.05) is 24.3 Å². The molecule has 0 unspecified atom stereocenters. The van der Waals surface area contributed by atoms with E-state index in [9.17, 15) is 4.79 Å². The van der Waals surface area contributed by atoms with Crippen LogP contribution in [-0.2, 0) is 4.74 Å². The van der Waals surface area contributed by atoms with Crippen molar-refractivity contribution in [2.24, 2.45) is 4.99 Å². The number of fused-ring (bicyclic) bond motifs is 1. The number of hydrogen-bond acceptors (Lipinski definition) is 3. The lowest BCUT2D eigenvalue weighted by Gasteiger charge is -2.17. The van der Waals surface area contributed by atoms with Gasteiger partial charge in [0, 0.05) is 11.4 Å². The maximum absolute atomic E-state index is 11.4. The van der Waals surface area contributed by atoms with E-state index in [4.69, 9.17) is 4.74 Å². The summed E-state index contributed by atoms with van der Waals surface area (Å²) in [6, 6.07) is 7.69. The number of ether oxygens (including phenoxy) is 1. The van der Waals surface area contributed by atoms with Gasteiger partial charge in [0.05, 0.1) is 12.0 Å². The highest BCUT2D eigenvalue weighted by Crippen LogP contribution is 1.97. The Labute approximate surface area is 87.5 Å². The zero-order valence-electron chi connectivity index (χ0n) is 8.51. The number of rotatable bonds is 1. The van der Waals surface area contributed by atoms with Crippen LogP contribution < -0.4 is 10.6 Å². The monoisotopic (exact) mass is 204 g/mol. The summed E-state index contributed by atoms with van der Waals surface area (Å²) >= 11 is 0. The zero-order valence-corrected chi connectivity index (χ0v) is 8.51. The van der Waals surface area contributed by atoms with Crippen LogP contribution in [0.1, 0.15) is 6.92 Å². The van der Waals surface area contributed by atoms with Crippen molar-refractivity contribution in [2.75, 3.05) is 13.3 Å². The highest BCUT2D eigenvalue weighted by atomic mass is 16.6. The lowest BCUT2D eigenvalue weighted by atomic mass is 10.3. The fraction of sp³-hybridized carbons (Fsp3) is 0.273. The standard InChI is InChI=1S/C11H12N2O2/c1-2-15-11(14)13-7-9-5-3-4-6-10(9)12-8-13/h3-7H,2,8H2,1H3. The summed E-state index contributed by atoms with van der Waals surface area (Å²) in [7, 11) is 0. The Morgan fingerprint density at radius 2 is 2.33 bits per heavy atom. The van der Waals surface area contributed by atoms with Crippen molar-refractivity contribution in [3.05, 3.63) is 34.8 Å². The molecule has 15 heavy (non-hydrogen) atoms. The molecule has 4 nitrogen and oxygen atoms in total. The molecule has 0 saturated heterocycles. The quantitative estimate of drug-likeness (QED) is 0.667. The van der Waals surface area contributed by atoms with Crippen LogP contribution in [0.5, 0.6) is 0 Å². The van der Waals surface area contributed by atoms with Gasteiger partial charge in [-0.3, -0.25) is 9.89 Å². The van der Waals surface area contributed by atoms with Crippen LogP contribution in [0.3, 0.4) is 0 Å². The Morgan fingerprint density at radius 1 is 1.53 bits per heavy atom. The van der Waals surface area contributed by atoms with Crippen LogP contribution in [0, 0.1) is 0 Å². The van der Waals surface area contributed by atoms with E-state index in [1.54, 1.807) is 13.1 Å². The lowest BCUT2D eigenvalue weighted by Crippen LogP contribution is -2.38. The van der Waals surface area contributed by atoms with E-state index in [-0.39, 0.29) is 6.09 Å². The van der Waals surface area contributed by atoms with E-state index in [0.29, 0.717) is 13.3 Å². The molecule has 1 aromatic rings. The summed E-state index contributed by atoms with van der Waals surface area (Å²) < 4.78 is 4.89. The maximum atomic E-state index is 11.4. The second-order valence-corrected chi connectivity index (χ2v) is 3.16. The summed E-state index contributed by atoms with van der Waals surface area (Å²) in [5.74, 6) is 0. The predicted octanol–water partition coefficient (Wildman–Crippen LogP) is 0.474. The highest BCUT2D eigenvalue weighted by molar-refractivity contribution is 5.72. The number of carbonyl (C=O) groups is 1. The molecule has 1 aliphatic rings. The van der Waals surface area contributed by atoms with Crippen molar-refractivity contribution in [3.8, 4) is 0 Å². The lowest BCUT2D eigenvalue weighted by molar-refractivity contribution is 0.127. The van der Waals surface area contributed by atoms with Gasteiger partial charge in [-0.25, -0.2) is 4.79 Å². The number of hydrogen-bond donors (Lipinski definition) is 0. The topological polar surface area (TPSA) is 41.9 Å². The second-order valence-electron chi connectivity index (χ2n) is 3.16. The van der Waals surface area contributed by atoms with Crippen LogP contribution >= 0.6 is 0 Å². The van der Waals surface area contributed by atoms with Crippen molar-refractivity contribution >= 4 is 12.3 Å². The van der Waals surface area contributed by atoms with Gasteiger partial charge < -0.3 is 4.74 Å². The maximum Gasteiger partial charge on any atom is 0.415 e. The van der Waals surface area contributed by atoms with Crippen molar-refractivity contribution in [3.63, 3.8) is 0 Å². The molecular formula is C11H12N2O2. The van der Waals surface area contributed by atoms with Crippen LogP contribution in [0.25, 0.3) is 6.20 Å². The van der Waals surface area contributed by atoms with Crippen molar-refractivity contribution in [1.82, 2.24) is 4.90 Å². The number of nitrogens with zero attached hydrogens (tertiary/aromatic N) is 2. The largest absolute Gasteiger partial charge is 0.449 e. The molecule has 78 valence electrons. The van der Waals surface area contributed by atoms with E-state index >= 15 is 0 Å². The number of benzene rings is 1. The first-order valence-electron chi connectivity index (χ1n) is 4.86. The van der Waals surface area contributed by atoms with Gasteiger partial charge >= 0.3 is 6.09 Å². The Kier molecular flexibility index (Phi) is 2.67. The molecule has 0 spiro atoms. The van der Waals surface area contributed by atoms with Gasteiger partial charge in [0.2, 0.25) is 0 Å². The molecule has 0 saturated carbocycles. The van der Waals surface area contributed by atoms with E-state index in [2.05, 4.69) is 4.99 Å². The molecule has 1 aromatic carbocycles. The Bertz CT molecular complexity index is 482. The third-order valence-electron chi connectivity index (χ3n) is 2.13. The second kappa shape index (κ2) is 4.13. The molecular weight excluding hydrogens is 192 g/mol. The fourth-order valence-electron chi connectivity index (χ4n) is 1.42. The van der Waals surface area contributed by atoms with Gasteiger partial charge in [0.15, 0.2) is 0 Å². The molecule has 0 fully saturated rings. The summed E-state index contributed by atoms with van der Waals surface area (Å²) in [5.41, 5.74) is 0. The third-order valence-corrected chi connectivity index (χ3v) is 2.13. The van der Waals surface area contributed by atoms with Gasteiger partial charge in [0.25, 0.3) is 0 Å². The molecule has 0 bridgehead atoms. The number of para-hydroxylation sites is 1. The minimum atomic E-state index is -0.351. The third kappa shape index (κ3) is 1.98. The van der Waals surface area contributed by atoms with Crippen molar-refractivity contribution in [1.29, 1.82) is 0 Å². The molecule has 0 aromatic heterocycles. The fourth-order valence-corrected chi connectivity index (χ4v) is 1.42. The molecule has 0 radical (unpaired) electrons. The van der Waals surface area contributed by atoms with Crippen LogP contribution in [0.15, 0.2) is 29.3 Å². The number of carbonyl (C=O) groups excluding carboxylic acids is 1. The molecule has 1 heterocycles. The predicted molar refractivity (Wildman–Crippen MR) is 55.4 cm³/mol. The molecule has 0 atom stereocenters. The van der Waals surface area contributed by atoms with Crippen LogP contribution in [-0.4, -0.2) is 24.3 Å². The van der Waals surface area contributed by atoms with Gasteiger partial charge in [-0.15, -0.1) is 0 Å². The SMILES string of the molecule is CCOC(=O)N1C=c2ccccc2=NC1. The van der Waals surface area contributed by atoms with Gasteiger partial charge in [-0.05, 0) is 13.0 Å². The van der Waals surface area contributed by atoms with Crippen LogP contribution in [0.4, 0.5) is 4.79 Å². The first-order valence-corrected chi connectivity index (χ1v) is 4.86. The molecule has 1 amide bonds. The highest BCUT2D eigenvalue weighted by Gasteiger charge is 2.12. The molecule has 1 aliphatic heterocycles. The van der Waals surface area contributed by atoms with Crippen LogP contribution in [0.2, 0.25) is 0 Å². The Morgan fingerprint density at radius 3 is 3.13 bits per heavy atom. The first kappa shape index (κ1) is 9.71. The summed E-state index contributed by atoms with van der Waals surface area (Å²) in [5, 5.41) is 1.86. The zero-order chi connectivity index (χ0) is 10.7. The molecule has 0 aliphatic carbocycles. The Balaban J connectivity index is 2.30. The number of amides is 1. The van der Waals surface area contributed by atoms with Crippen molar-refractivity contribution < 1.29 is 9.53 Å². The van der Waals surface area contributed by atoms with E-state index < -0.39 is 0 Å².